The summed E-state index contributed by atoms with van der Waals surface area (Å²) in [5, 5.41) is 7.40. The van der Waals surface area contributed by atoms with Gasteiger partial charge in [-0.15, -0.1) is 0 Å². The molecule has 2 aromatic rings. The number of aromatic nitrogens is 2. The van der Waals surface area contributed by atoms with Crippen LogP contribution in [-0.2, 0) is 4.74 Å². The predicted octanol–water partition coefficient (Wildman–Crippen LogP) is 2.29. The maximum atomic E-state index is 12.8. The topological polar surface area (TPSA) is 99.2 Å². The Morgan fingerprint density at radius 3 is 2.52 bits per heavy atom. The fraction of sp³-hybridized carbons (Fsp3) is 0.450. The van der Waals surface area contributed by atoms with Crippen LogP contribution in [0, 0.1) is 5.41 Å². The summed E-state index contributed by atoms with van der Waals surface area (Å²) in [5.41, 5.74) is 6.43. The number of hydrogen-bond acceptors (Lipinski definition) is 4. The molecule has 3 rings (SSSR count). The fourth-order valence-corrected chi connectivity index (χ4v) is 4.14. The van der Waals surface area contributed by atoms with Crippen molar-refractivity contribution < 1.29 is 14.3 Å². The standard InChI is InChI=1S/C20H26N4O3/c1-4-20(5-2)16(12-17(20)27-3)22-19(26)14-11-15(18(21)25)24(23-14)13-9-7-6-8-10-13/h6-11,16-17H,4-5,12H2,1-3H3,(H2,21,25)(H,22,26). The number of carbonyl (C=O) groups is 2. The molecule has 2 atom stereocenters. The third kappa shape index (κ3) is 3.23. The van der Waals surface area contributed by atoms with Crippen LogP contribution in [0.4, 0.5) is 0 Å². The van der Waals surface area contributed by atoms with Crippen LogP contribution in [0.5, 0.6) is 0 Å². The number of nitrogens with two attached hydrogens (primary N) is 1. The first kappa shape index (κ1) is 19.1. The van der Waals surface area contributed by atoms with Gasteiger partial charge >= 0.3 is 0 Å². The van der Waals surface area contributed by atoms with Gasteiger partial charge < -0.3 is 15.8 Å². The zero-order valence-corrected chi connectivity index (χ0v) is 15.9. The summed E-state index contributed by atoms with van der Waals surface area (Å²) in [6.45, 7) is 4.23. The molecule has 0 saturated heterocycles. The second kappa shape index (κ2) is 7.52. The number of nitrogens with one attached hydrogen (secondary N) is 1. The summed E-state index contributed by atoms with van der Waals surface area (Å²) in [5.74, 6) is -0.942. The summed E-state index contributed by atoms with van der Waals surface area (Å²) in [6.07, 6.45) is 2.74. The number of nitrogens with zero attached hydrogens (tertiary/aromatic N) is 2. The molecule has 2 unspecified atom stereocenters. The Morgan fingerprint density at radius 1 is 1.30 bits per heavy atom. The Morgan fingerprint density at radius 2 is 1.96 bits per heavy atom. The van der Waals surface area contributed by atoms with E-state index in [9.17, 15) is 9.59 Å². The molecular weight excluding hydrogens is 344 g/mol. The number of para-hydroxylation sites is 1. The molecule has 3 N–H and O–H groups in total. The smallest absolute Gasteiger partial charge is 0.272 e. The van der Waals surface area contributed by atoms with E-state index in [0.29, 0.717) is 5.69 Å². The molecule has 2 amide bonds. The average Bonchev–Trinajstić information content (AvgIpc) is 3.12. The lowest BCUT2D eigenvalue weighted by molar-refractivity contribution is -0.120. The minimum atomic E-state index is -0.634. The Labute approximate surface area is 158 Å². The highest BCUT2D eigenvalue weighted by atomic mass is 16.5. The Kier molecular flexibility index (Phi) is 5.32. The highest BCUT2D eigenvalue weighted by Crippen LogP contribution is 2.48. The third-order valence-corrected chi connectivity index (χ3v) is 5.89. The maximum absolute atomic E-state index is 12.8. The van der Waals surface area contributed by atoms with Gasteiger partial charge in [0, 0.05) is 24.6 Å². The van der Waals surface area contributed by atoms with Crippen LogP contribution in [0.2, 0.25) is 0 Å². The van der Waals surface area contributed by atoms with Crippen LogP contribution in [-0.4, -0.2) is 40.9 Å². The van der Waals surface area contributed by atoms with Crippen LogP contribution in [0.25, 0.3) is 5.69 Å². The molecule has 1 aliphatic rings. The Balaban J connectivity index is 1.85. The van der Waals surface area contributed by atoms with Crippen LogP contribution >= 0.6 is 0 Å². The van der Waals surface area contributed by atoms with Gasteiger partial charge in [0.05, 0.1) is 11.8 Å². The molecule has 7 nitrogen and oxygen atoms in total. The first-order valence-corrected chi connectivity index (χ1v) is 9.25. The molecule has 0 radical (unpaired) electrons. The summed E-state index contributed by atoms with van der Waals surface area (Å²) < 4.78 is 6.99. The number of benzene rings is 1. The number of rotatable bonds is 7. The second-order valence-corrected chi connectivity index (χ2v) is 6.95. The Bertz CT molecular complexity index is 827. The van der Waals surface area contributed by atoms with Crippen LogP contribution in [0.1, 0.15) is 54.1 Å². The SMILES string of the molecule is CCC1(CC)C(NC(=O)c2cc(C(N)=O)n(-c3ccccc3)n2)CC1OC. The van der Waals surface area contributed by atoms with E-state index in [-0.39, 0.29) is 34.9 Å². The molecule has 1 aromatic heterocycles. The van der Waals surface area contributed by atoms with Gasteiger partial charge in [-0.2, -0.15) is 5.10 Å². The highest BCUT2D eigenvalue weighted by molar-refractivity contribution is 5.97. The van der Waals surface area contributed by atoms with E-state index in [2.05, 4.69) is 24.3 Å². The number of methoxy groups -OCH3 is 1. The quantitative estimate of drug-likeness (QED) is 0.781. The van der Waals surface area contributed by atoms with Crippen LogP contribution in [0.15, 0.2) is 36.4 Å². The molecule has 1 aromatic carbocycles. The molecule has 1 fully saturated rings. The summed E-state index contributed by atoms with van der Waals surface area (Å²) in [6, 6.07) is 10.6. The van der Waals surface area contributed by atoms with E-state index in [0.717, 1.165) is 19.3 Å². The van der Waals surface area contributed by atoms with Crippen molar-refractivity contribution in [1.82, 2.24) is 15.1 Å². The molecule has 27 heavy (non-hydrogen) atoms. The minimum absolute atomic E-state index is 0.0175. The van der Waals surface area contributed by atoms with Crippen molar-refractivity contribution in [2.75, 3.05) is 7.11 Å². The molecule has 1 heterocycles. The van der Waals surface area contributed by atoms with E-state index in [4.69, 9.17) is 10.5 Å². The third-order valence-electron chi connectivity index (χ3n) is 5.89. The summed E-state index contributed by atoms with van der Waals surface area (Å²) >= 11 is 0. The lowest BCUT2D eigenvalue weighted by atomic mass is 9.58. The normalized spacial score (nSPS) is 20.7. The van der Waals surface area contributed by atoms with Gasteiger partial charge in [0.2, 0.25) is 0 Å². The van der Waals surface area contributed by atoms with Gasteiger partial charge in [0.25, 0.3) is 11.8 Å². The van der Waals surface area contributed by atoms with Crippen LogP contribution < -0.4 is 11.1 Å². The molecule has 144 valence electrons. The zero-order valence-electron chi connectivity index (χ0n) is 15.9. The van der Waals surface area contributed by atoms with Crippen molar-refractivity contribution in [3.63, 3.8) is 0 Å². The molecule has 7 heteroatoms. The van der Waals surface area contributed by atoms with E-state index in [1.165, 1.54) is 10.7 Å². The summed E-state index contributed by atoms with van der Waals surface area (Å²) in [4.78, 5) is 24.6. The van der Waals surface area contributed by atoms with Crippen molar-refractivity contribution in [2.45, 2.75) is 45.3 Å². The maximum Gasteiger partial charge on any atom is 0.272 e. The largest absolute Gasteiger partial charge is 0.381 e. The number of carbonyl (C=O) groups excluding carboxylic acids is 2. The summed E-state index contributed by atoms with van der Waals surface area (Å²) in [7, 11) is 1.71. The fourth-order valence-electron chi connectivity index (χ4n) is 4.14. The minimum Gasteiger partial charge on any atom is -0.381 e. The average molecular weight is 370 g/mol. The lowest BCUT2D eigenvalue weighted by Gasteiger charge is -2.55. The number of ether oxygens (including phenoxy) is 1. The van der Waals surface area contributed by atoms with Crippen molar-refractivity contribution in [3.8, 4) is 5.69 Å². The number of primary amides is 1. The Hall–Kier alpha value is -2.67. The first-order chi connectivity index (χ1) is 13.0. The molecule has 1 saturated carbocycles. The molecule has 0 bridgehead atoms. The van der Waals surface area contributed by atoms with E-state index < -0.39 is 5.91 Å². The predicted molar refractivity (Wildman–Crippen MR) is 102 cm³/mol. The number of amides is 2. The molecule has 0 spiro atoms. The van der Waals surface area contributed by atoms with Gasteiger partial charge in [-0.3, -0.25) is 9.59 Å². The van der Waals surface area contributed by atoms with Gasteiger partial charge in [-0.05, 0) is 31.4 Å². The second-order valence-electron chi connectivity index (χ2n) is 6.95. The van der Waals surface area contributed by atoms with E-state index >= 15 is 0 Å². The van der Waals surface area contributed by atoms with Gasteiger partial charge in [0.15, 0.2) is 5.69 Å². The molecule has 1 aliphatic carbocycles. The molecular formula is C20H26N4O3. The van der Waals surface area contributed by atoms with Crippen molar-refractivity contribution >= 4 is 11.8 Å². The molecule has 0 aliphatic heterocycles. The van der Waals surface area contributed by atoms with Crippen LogP contribution in [0.3, 0.4) is 0 Å². The number of hydrogen-bond donors (Lipinski definition) is 2. The monoisotopic (exact) mass is 370 g/mol. The first-order valence-electron chi connectivity index (χ1n) is 9.25. The van der Waals surface area contributed by atoms with Crippen molar-refractivity contribution in [1.29, 1.82) is 0 Å². The van der Waals surface area contributed by atoms with E-state index in [1.54, 1.807) is 19.2 Å². The van der Waals surface area contributed by atoms with Gasteiger partial charge in [-0.1, -0.05) is 32.0 Å². The van der Waals surface area contributed by atoms with Crippen molar-refractivity contribution in [3.05, 3.63) is 47.8 Å². The van der Waals surface area contributed by atoms with E-state index in [1.807, 2.05) is 18.2 Å². The highest BCUT2D eigenvalue weighted by Gasteiger charge is 2.53. The zero-order chi connectivity index (χ0) is 19.6. The van der Waals surface area contributed by atoms with Gasteiger partial charge in [0.1, 0.15) is 5.69 Å². The lowest BCUT2D eigenvalue weighted by Crippen LogP contribution is -2.64. The van der Waals surface area contributed by atoms with Crippen molar-refractivity contribution in [2.24, 2.45) is 11.1 Å². The van der Waals surface area contributed by atoms with Gasteiger partial charge in [-0.25, -0.2) is 4.68 Å².